The normalized spacial score (nSPS) is 12.4. The molecule has 11 heteroatoms. The zero-order valence-electron chi connectivity index (χ0n) is 22.3. The number of halogens is 6. The van der Waals surface area contributed by atoms with Crippen LogP contribution < -0.4 is 4.74 Å². The van der Waals surface area contributed by atoms with Crippen molar-refractivity contribution in [2.24, 2.45) is 0 Å². The standard InChI is InChI=1S/C32H20F6O3S2/c1-31(35,36)23-11-15(33)3-7-19(23)29-27(21-9-5-17(39)13-25(21)42-29)41-28-22-10-6-18(40)14-26(22)43-30(28)20-8-4-16(34)12-24(20)32(2,37)38/h3-14,39-40H,1-2H3. The summed E-state index contributed by atoms with van der Waals surface area (Å²) in [5, 5.41) is 21.1. The van der Waals surface area contributed by atoms with Gasteiger partial charge in [0.15, 0.2) is 11.5 Å². The van der Waals surface area contributed by atoms with Crippen LogP contribution in [0.25, 0.3) is 41.1 Å². The van der Waals surface area contributed by atoms with E-state index in [2.05, 4.69) is 0 Å². The van der Waals surface area contributed by atoms with Gasteiger partial charge in [0.25, 0.3) is 11.8 Å². The second-order valence-corrected chi connectivity index (χ2v) is 12.2. The predicted octanol–water partition coefficient (Wildman–Crippen LogP) is 11.2. The quantitative estimate of drug-likeness (QED) is 0.180. The molecule has 2 N–H and O–H groups in total. The number of thiophene rings is 2. The molecule has 6 aromatic rings. The molecule has 0 unspecified atom stereocenters. The fourth-order valence-corrected chi connectivity index (χ4v) is 7.34. The van der Waals surface area contributed by atoms with Gasteiger partial charge in [-0.3, -0.25) is 0 Å². The van der Waals surface area contributed by atoms with E-state index in [-0.39, 0.29) is 43.9 Å². The first-order chi connectivity index (χ1) is 20.2. The number of rotatable bonds is 6. The Labute approximate surface area is 248 Å². The molecule has 2 aromatic heterocycles. The number of alkyl halides is 4. The molecule has 4 aromatic carbocycles. The van der Waals surface area contributed by atoms with Crippen LogP contribution in [-0.4, -0.2) is 10.2 Å². The molecule has 3 nitrogen and oxygen atoms in total. The lowest BCUT2D eigenvalue weighted by atomic mass is 9.99. The first kappa shape index (κ1) is 28.9. The monoisotopic (exact) mass is 630 g/mol. The minimum Gasteiger partial charge on any atom is -0.508 e. The van der Waals surface area contributed by atoms with E-state index in [1.165, 1.54) is 48.5 Å². The average molecular weight is 631 g/mol. The molecule has 0 aliphatic carbocycles. The number of phenols is 2. The molecule has 0 spiro atoms. The van der Waals surface area contributed by atoms with Gasteiger partial charge in [0, 0.05) is 56.3 Å². The Morgan fingerprint density at radius 1 is 0.581 bits per heavy atom. The zero-order chi connectivity index (χ0) is 30.8. The molecule has 0 amide bonds. The number of hydrogen-bond acceptors (Lipinski definition) is 5. The summed E-state index contributed by atoms with van der Waals surface area (Å²) in [4.78, 5) is 0.364. The molecule has 0 aliphatic heterocycles. The van der Waals surface area contributed by atoms with Crippen molar-refractivity contribution in [2.75, 3.05) is 0 Å². The van der Waals surface area contributed by atoms with Crippen LogP contribution in [-0.2, 0) is 11.8 Å². The smallest absolute Gasteiger partial charge is 0.271 e. The van der Waals surface area contributed by atoms with Gasteiger partial charge in [0.05, 0.1) is 9.75 Å². The Morgan fingerprint density at radius 3 is 1.35 bits per heavy atom. The summed E-state index contributed by atoms with van der Waals surface area (Å²) in [6.45, 7) is 1.28. The lowest BCUT2D eigenvalue weighted by Crippen LogP contribution is -2.09. The van der Waals surface area contributed by atoms with E-state index >= 15 is 0 Å². The summed E-state index contributed by atoms with van der Waals surface area (Å²) < 4.78 is 94.8. The Hall–Kier alpha value is -4.22. The van der Waals surface area contributed by atoms with Crippen LogP contribution in [0.5, 0.6) is 23.0 Å². The van der Waals surface area contributed by atoms with E-state index < -0.39 is 34.6 Å². The number of aromatic hydroxyl groups is 2. The molecule has 0 radical (unpaired) electrons. The lowest BCUT2D eigenvalue weighted by Gasteiger charge is -2.18. The van der Waals surface area contributed by atoms with Crippen molar-refractivity contribution in [1.29, 1.82) is 0 Å². The lowest BCUT2D eigenvalue weighted by molar-refractivity contribution is 0.0171. The summed E-state index contributed by atoms with van der Waals surface area (Å²) in [6, 6.07) is 14.6. The van der Waals surface area contributed by atoms with Gasteiger partial charge in [-0.05, 0) is 60.7 Å². The topological polar surface area (TPSA) is 49.7 Å². The summed E-state index contributed by atoms with van der Waals surface area (Å²) in [6.07, 6.45) is 0. The molecule has 0 bridgehead atoms. The van der Waals surface area contributed by atoms with Crippen LogP contribution in [0, 0.1) is 11.6 Å². The molecule has 2 heterocycles. The van der Waals surface area contributed by atoms with Crippen molar-refractivity contribution in [3.63, 3.8) is 0 Å². The Balaban J connectivity index is 1.66. The van der Waals surface area contributed by atoms with Gasteiger partial charge in [0.1, 0.15) is 23.1 Å². The minimum atomic E-state index is -3.44. The van der Waals surface area contributed by atoms with Crippen LogP contribution in [0.15, 0.2) is 72.8 Å². The van der Waals surface area contributed by atoms with Crippen LogP contribution in [0.4, 0.5) is 26.3 Å². The SMILES string of the molecule is CC(F)(F)c1cc(F)ccc1-c1sc2cc(O)ccc2c1Oc1c(-c2ccc(F)cc2C(C)(F)F)sc2cc(O)ccc12. The Kier molecular flexibility index (Phi) is 6.85. The number of benzene rings is 4. The Morgan fingerprint density at radius 2 is 0.977 bits per heavy atom. The molecule has 6 rings (SSSR count). The van der Waals surface area contributed by atoms with Gasteiger partial charge in [-0.2, -0.15) is 0 Å². The van der Waals surface area contributed by atoms with E-state index in [4.69, 9.17) is 4.74 Å². The summed E-state index contributed by atoms with van der Waals surface area (Å²) >= 11 is 2.04. The van der Waals surface area contributed by atoms with Crippen molar-refractivity contribution < 1.29 is 41.3 Å². The van der Waals surface area contributed by atoms with Crippen molar-refractivity contribution >= 4 is 42.8 Å². The molecule has 0 saturated carbocycles. The van der Waals surface area contributed by atoms with Crippen molar-refractivity contribution in [2.45, 2.75) is 25.7 Å². The van der Waals surface area contributed by atoms with Crippen molar-refractivity contribution in [1.82, 2.24) is 0 Å². The van der Waals surface area contributed by atoms with Crippen LogP contribution >= 0.6 is 22.7 Å². The highest BCUT2D eigenvalue weighted by Crippen LogP contribution is 2.55. The molecule has 0 aliphatic rings. The van der Waals surface area contributed by atoms with Gasteiger partial charge in [-0.1, -0.05) is 12.1 Å². The maximum Gasteiger partial charge on any atom is 0.271 e. The first-order valence-corrected chi connectivity index (χ1v) is 14.4. The molecule has 0 saturated heterocycles. The van der Waals surface area contributed by atoms with Crippen LogP contribution in [0.2, 0.25) is 0 Å². The minimum absolute atomic E-state index is 0.0223. The number of fused-ring (bicyclic) bond motifs is 2. The number of ether oxygens (including phenoxy) is 1. The fourth-order valence-electron chi connectivity index (χ4n) is 4.94. The fraction of sp³-hybridized carbons (Fsp3) is 0.125. The van der Waals surface area contributed by atoms with Gasteiger partial charge in [-0.25, -0.2) is 26.3 Å². The molecular formula is C32H20F6O3S2. The highest BCUT2D eigenvalue weighted by atomic mass is 32.1. The number of hydrogen-bond donors (Lipinski definition) is 2. The highest BCUT2D eigenvalue weighted by molar-refractivity contribution is 7.23. The molecular weight excluding hydrogens is 610 g/mol. The third kappa shape index (κ3) is 5.27. The van der Waals surface area contributed by atoms with E-state index in [0.29, 0.717) is 34.0 Å². The summed E-state index contributed by atoms with van der Waals surface area (Å²) in [7, 11) is 0. The largest absolute Gasteiger partial charge is 0.508 e. The van der Waals surface area contributed by atoms with Crippen LogP contribution in [0.3, 0.4) is 0 Å². The van der Waals surface area contributed by atoms with Crippen molar-refractivity contribution in [3.05, 3.63) is 95.6 Å². The second-order valence-electron chi connectivity index (χ2n) is 10.1. The first-order valence-electron chi connectivity index (χ1n) is 12.8. The third-order valence-corrected chi connectivity index (χ3v) is 9.19. The van der Waals surface area contributed by atoms with E-state index in [1.807, 2.05) is 0 Å². The third-order valence-electron chi connectivity index (χ3n) is 6.86. The molecule has 0 atom stereocenters. The maximum absolute atomic E-state index is 14.8. The number of phenolic OH excluding ortho intramolecular Hbond substituents is 2. The molecule has 43 heavy (non-hydrogen) atoms. The zero-order valence-corrected chi connectivity index (χ0v) is 23.9. The maximum atomic E-state index is 14.8. The van der Waals surface area contributed by atoms with Gasteiger partial charge < -0.3 is 14.9 Å². The second kappa shape index (κ2) is 10.2. The van der Waals surface area contributed by atoms with Gasteiger partial charge in [-0.15, -0.1) is 22.7 Å². The predicted molar refractivity (Wildman–Crippen MR) is 157 cm³/mol. The van der Waals surface area contributed by atoms with Gasteiger partial charge in [0.2, 0.25) is 0 Å². The average Bonchev–Trinajstić information content (AvgIpc) is 3.45. The summed E-state index contributed by atoms with van der Waals surface area (Å²) in [5.41, 5.74) is -1.24. The highest BCUT2D eigenvalue weighted by Gasteiger charge is 2.33. The molecule has 0 fully saturated rings. The van der Waals surface area contributed by atoms with Crippen molar-refractivity contribution in [3.8, 4) is 43.9 Å². The summed E-state index contributed by atoms with van der Waals surface area (Å²) in [5.74, 6) is -8.67. The van der Waals surface area contributed by atoms with E-state index in [0.717, 1.165) is 46.9 Å². The Bertz CT molecular complexity index is 1890. The van der Waals surface area contributed by atoms with Gasteiger partial charge >= 0.3 is 0 Å². The van der Waals surface area contributed by atoms with Crippen LogP contribution in [0.1, 0.15) is 25.0 Å². The van der Waals surface area contributed by atoms with E-state index in [9.17, 15) is 36.6 Å². The molecule has 220 valence electrons. The van der Waals surface area contributed by atoms with E-state index in [1.54, 1.807) is 0 Å².